The van der Waals surface area contributed by atoms with E-state index in [4.69, 9.17) is 0 Å². The van der Waals surface area contributed by atoms with Crippen LogP contribution in [0.2, 0.25) is 0 Å². The molecule has 1 atom stereocenters. The smallest absolute Gasteiger partial charge is 0.317 e. The number of likely N-dealkylation sites (tertiary alicyclic amines) is 1. The minimum atomic E-state index is -0.0488. The molecule has 0 aliphatic carbocycles. The summed E-state index contributed by atoms with van der Waals surface area (Å²) in [5.74, 6) is 0.533. The first-order valence-electron chi connectivity index (χ1n) is 5.87. The highest BCUT2D eigenvalue weighted by Crippen LogP contribution is 2.14. The Kier molecular flexibility index (Phi) is 5.08. The van der Waals surface area contributed by atoms with Crippen molar-refractivity contribution >= 4 is 11.9 Å². The molecule has 3 amide bonds. The highest BCUT2D eigenvalue weighted by atomic mass is 16.2. The Morgan fingerprint density at radius 3 is 2.81 bits per heavy atom. The summed E-state index contributed by atoms with van der Waals surface area (Å²) < 4.78 is 0. The van der Waals surface area contributed by atoms with Gasteiger partial charge in [0.05, 0.1) is 0 Å². The number of rotatable bonds is 3. The van der Waals surface area contributed by atoms with Crippen LogP contribution in [0.1, 0.15) is 26.2 Å². The lowest BCUT2D eigenvalue weighted by molar-refractivity contribution is -0.120. The second-order valence-corrected chi connectivity index (χ2v) is 4.35. The molecule has 0 aromatic carbocycles. The third kappa shape index (κ3) is 4.08. The minimum absolute atomic E-state index is 0.0459. The van der Waals surface area contributed by atoms with Crippen LogP contribution in [0.15, 0.2) is 0 Å². The van der Waals surface area contributed by atoms with E-state index in [0.29, 0.717) is 18.9 Å². The van der Waals surface area contributed by atoms with Crippen molar-refractivity contribution in [1.82, 2.24) is 15.5 Å². The molecule has 1 aliphatic rings. The van der Waals surface area contributed by atoms with Gasteiger partial charge < -0.3 is 15.5 Å². The number of hydrogen-bond acceptors (Lipinski definition) is 2. The number of nitrogens with zero attached hydrogens (tertiary/aromatic N) is 1. The first-order chi connectivity index (χ1) is 7.63. The zero-order valence-corrected chi connectivity index (χ0v) is 10.1. The fourth-order valence-corrected chi connectivity index (χ4v) is 1.89. The van der Waals surface area contributed by atoms with Gasteiger partial charge in [-0.1, -0.05) is 6.92 Å². The SMILES string of the molecule is CNC(=O)CCNC(=O)N1CCCC(C)C1. The lowest BCUT2D eigenvalue weighted by atomic mass is 10.0. The average Bonchev–Trinajstić information content (AvgIpc) is 2.28. The maximum atomic E-state index is 11.7. The molecule has 1 rings (SSSR count). The Hall–Kier alpha value is -1.26. The quantitative estimate of drug-likeness (QED) is 0.740. The van der Waals surface area contributed by atoms with Crippen molar-refractivity contribution in [1.29, 1.82) is 0 Å². The van der Waals surface area contributed by atoms with Gasteiger partial charge in [0.2, 0.25) is 5.91 Å². The van der Waals surface area contributed by atoms with Gasteiger partial charge in [-0.05, 0) is 18.8 Å². The summed E-state index contributed by atoms with van der Waals surface area (Å²) >= 11 is 0. The molecule has 0 bridgehead atoms. The number of carbonyl (C=O) groups excluding carboxylic acids is 2. The molecule has 1 fully saturated rings. The molecule has 1 heterocycles. The van der Waals surface area contributed by atoms with Gasteiger partial charge in [0.25, 0.3) is 0 Å². The molecular formula is C11H21N3O2. The van der Waals surface area contributed by atoms with E-state index in [-0.39, 0.29) is 11.9 Å². The first kappa shape index (κ1) is 12.8. The first-order valence-corrected chi connectivity index (χ1v) is 5.87. The summed E-state index contributed by atoms with van der Waals surface area (Å²) in [6, 6.07) is -0.0459. The van der Waals surface area contributed by atoms with E-state index >= 15 is 0 Å². The lowest BCUT2D eigenvalue weighted by Gasteiger charge is -2.30. The van der Waals surface area contributed by atoms with Crippen LogP contribution in [0.25, 0.3) is 0 Å². The Bertz CT molecular complexity index is 256. The van der Waals surface area contributed by atoms with E-state index in [9.17, 15) is 9.59 Å². The van der Waals surface area contributed by atoms with Crippen LogP contribution in [0.5, 0.6) is 0 Å². The van der Waals surface area contributed by atoms with Crippen molar-refractivity contribution in [3.63, 3.8) is 0 Å². The Labute approximate surface area is 96.6 Å². The van der Waals surface area contributed by atoms with E-state index in [2.05, 4.69) is 17.6 Å². The summed E-state index contributed by atoms with van der Waals surface area (Å²) in [5, 5.41) is 5.29. The predicted molar refractivity (Wildman–Crippen MR) is 62.1 cm³/mol. The van der Waals surface area contributed by atoms with Crippen molar-refractivity contribution in [2.45, 2.75) is 26.2 Å². The van der Waals surface area contributed by atoms with Crippen LogP contribution in [0.4, 0.5) is 4.79 Å². The second-order valence-electron chi connectivity index (χ2n) is 4.35. The van der Waals surface area contributed by atoms with Crippen LogP contribution in [0, 0.1) is 5.92 Å². The van der Waals surface area contributed by atoms with Gasteiger partial charge in [0.15, 0.2) is 0 Å². The largest absolute Gasteiger partial charge is 0.359 e. The third-order valence-electron chi connectivity index (χ3n) is 2.85. The van der Waals surface area contributed by atoms with Crippen LogP contribution in [-0.4, -0.2) is 43.5 Å². The molecule has 0 saturated carbocycles. The maximum Gasteiger partial charge on any atom is 0.317 e. The monoisotopic (exact) mass is 227 g/mol. The molecule has 5 nitrogen and oxygen atoms in total. The van der Waals surface area contributed by atoms with Gasteiger partial charge in [-0.15, -0.1) is 0 Å². The summed E-state index contributed by atoms with van der Waals surface area (Å²) in [6.07, 6.45) is 2.61. The molecule has 1 unspecified atom stereocenters. The summed E-state index contributed by atoms with van der Waals surface area (Å²) in [7, 11) is 1.59. The van der Waals surface area contributed by atoms with Gasteiger partial charge in [-0.25, -0.2) is 4.79 Å². The van der Waals surface area contributed by atoms with Crippen LogP contribution >= 0.6 is 0 Å². The zero-order chi connectivity index (χ0) is 12.0. The van der Waals surface area contributed by atoms with Gasteiger partial charge in [-0.2, -0.15) is 0 Å². The summed E-state index contributed by atoms with van der Waals surface area (Å²) in [4.78, 5) is 24.5. The third-order valence-corrected chi connectivity index (χ3v) is 2.85. The Morgan fingerprint density at radius 1 is 1.44 bits per heavy atom. The average molecular weight is 227 g/mol. The number of piperidine rings is 1. The van der Waals surface area contributed by atoms with Crippen molar-refractivity contribution in [3.8, 4) is 0 Å². The molecule has 1 aliphatic heterocycles. The molecule has 0 spiro atoms. The normalized spacial score (nSPS) is 20.4. The number of amides is 3. The maximum absolute atomic E-state index is 11.7. The molecular weight excluding hydrogens is 206 g/mol. The van der Waals surface area contributed by atoms with Crippen molar-refractivity contribution in [2.75, 3.05) is 26.7 Å². The topological polar surface area (TPSA) is 61.4 Å². The van der Waals surface area contributed by atoms with Gasteiger partial charge in [-0.3, -0.25) is 4.79 Å². The number of nitrogens with one attached hydrogen (secondary N) is 2. The number of hydrogen-bond donors (Lipinski definition) is 2. The fourth-order valence-electron chi connectivity index (χ4n) is 1.89. The Morgan fingerprint density at radius 2 is 2.19 bits per heavy atom. The van der Waals surface area contributed by atoms with Crippen LogP contribution in [0.3, 0.4) is 0 Å². The van der Waals surface area contributed by atoms with E-state index < -0.39 is 0 Å². The molecule has 16 heavy (non-hydrogen) atoms. The number of urea groups is 1. The highest BCUT2D eigenvalue weighted by Gasteiger charge is 2.20. The van der Waals surface area contributed by atoms with Crippen LogP contribution in [-0.2, 0) is 4.79 Å². The van der Waals surface area contributed by atoms with E-state index in [1.807, 2.05) is 4.90 Å². The lowest BCUT2D eigenvalue weighted by Crippen LogP contribution is -2.45. The van der Waals surface area contributed by atoms with Gasteiger partial charge in [0.1, 0.15) is 0 Å². The minimum Gasteiger partial charge on any atom is -0.359 e. The standard InChI is InChI=1S/C11H21N3O2/c1-9-4-3-7-14(8-9)11(16)13-6-5-10(15)12-2/h9H,3-8H2,1-2H3,(H,12,15)(H,13,16). The van der Waals surface area contributed by atoms with Crippen LogP contribution < -0.4 is 10.6 Å². The van der Waals surface area contributed by atoms with Crippen molar-refractivity contribution in [3.05, 3.63) is 0 Å². The second kappa shape index (κ2) is 6.35. The summed E-state index contributed by atoms with van der Waals surface area (Å²) in [5.41, 5.74) is 0. The molecule has 1 saturated heterocycles. The molecule has 0 aromatic heterocycles. The summed E-state index contributed by atoms with van der Waals surface area (Å²) in [6.45, 7) is 4.22. The zero-order valence-electron chi connectivity index (χ0n) is 10.1. The highest BCUT2D eigenvalue weighted by molar-refractivity contribution is 5.78. The van der Waals surface area contributed by atoms with Gasteiger partial charge >= 0.3 is 6.03 Å². The molecule has 2 N–H and O–H groups in total. The van der Waals surface area contributed by atoms with Crippen molar-refractivity contribution in [2.24, 2.45) is 5.92 Å². The molecule has 0 radical (unpaired) electrons. The van der Waals surface area contributed by atoms with Gasteiger partial charge in [0, 0.05) is 33.1 Å². The van der Waals surface area contributed by atoms with Crippen molar-refractivity contribution < 1.29 is 9.59 Å². The van der Waals surface area contributed by atoms with E-state index in [0.717, 1.165) is 19.5 Å². The number of carbonyl (C=O) groups is 2. The fraction of sp³-hybridized carbons (Fsp3) is 0.818. The Balaban J connectivity index is 2.21. The predicted octanol–water partition coefficient (Wildman–Crippen LogP) is 0.564. The molecule has 0 aromatic rings. The van der Waals surface area contributed by atoms with E-state index in [1.165, 1.54) is 6.42 Å². The molecule has 92 valence electrons. The van der Waals surface area contributed by atoms with E-state index in [1.54, 1.807) is 7.05 Å². The molecule has 5 heteroatoms.